The molecule has 1 unspecified atom stereocenters. The van der Waals surface area contributed by atoms with Crippen LogP contribution in [0.4, 0.5) is 0 Å². The monoisotopic (exact) mass is 208 g/mol. The smallest absolute Gasteiger partial charge is 0.0534 e. The zero-order valence-electron chi connectivity index (χ0n) is 9.61. The Kier molecular flexibility index (Phi) is 3.38. The third-order valence-electron chi connectivity index (χ3n) is 2.93. The maximum atomic E-state index is 4.19. The lowest BCUT2D eigenvalue weighted by molar-refractivity contribution is 0.321. The van der Waals surface area contributed by atoms with Crippen LogP contribution >= 0.6 is 0 Å². The van der Waals surface area contributed by atoms with Crippen LogP contribution in [0.15, 0.2) is 12.4 Å². The quantitative estimate of drug-likeness (QED) is 0.787. The highest BCUT2D eigenvalue weighted by Gasteiger charge is 2.21. The molecular weight excluding hydrogens is 188 g/mol. The largest absolute Gasteiger partial charge is 0.313 e. The summed E-state index contributed by atoms with van der Waals surface area (Å²) in [6.45, 7) is 6.65. The molecule has 0 aliphatic carbocycles. The summed E-state index contributed by atoms with van der Waals surface area (Å²) in [6, 6.07) is 0.687. The molecule has 1 aromatic rings. The molecule has 0 spiro atoms. The van der Waals surface area contributed by atoms with Crippen LogP contribution in [-0.2, 0) is 13.6 Å². The van der Waals surface area contributed by atoms with E-state index < -0.39 is 0 Å². The van der Waals surface area contributed by atoms with E-state index in [2.05, 4.69) is 28.4 Å². The summed E-state index contributed by atoms with van der Waals surface area (Å²) in [5, 5.41) is 7.69. The molecule has 1 N–H and O–H groups in total. The van der Waals surface area contributed by atoms with Gasteiger partial charge in [-0.2, -0.15) is 5.10 Å². The number of rotatable bonds is 4. The van der Waals surface area contributed by atoms with Gasteiger partial charge in [-0.15, -0.1) is 0 Å². The normalized spacial score (nSPS) is 22.4. The minimum atomic E-state index is 0.687. The first-order chi connectivity index (χ1) is 7.28. The van der Waals surface area contributed by atoms with Gasteiger partial charge in [-0.25, -0.2) is 0 Å². The summed E-state index contributed by atoms with van der Waals surface area (Å²) in [7, 11) is 1.97. The second kappa shape index (κ2) is 4.77. The van der Waals surface area contributed by atoms with Crippen LogP contribution in [-0.4, -0.2) is 40.4 Å². The molecule has 1 aliphatic heterocycles. The van der Waals surface area contributed by atoms with Crippen LogP contribution in [0, 0.1) is 0 Å². The van der Waals surface area contributed by atoms with Gasteiger partial charge in [-0.1, -0.05) is 6.92 Å². The molecule has 15 heavy (non-hydrogen) atoms. The first kappa shape index (κ1) is 10.6. The standard InChI is InChI=1S/C11H20N4/c1-3-12-11-4-5-15(9-11)8-10-6-13-14(2)7-10/h6-7,11-12H,3-5,8-9H2,1-2H3. The Morgan fingerprint density at radius 1 is 1.60 bits per heavy atom. The summed E-state index contributed by atoms with van der Waals surface area (Å²) < 4.78 is 1.87. The third-order valence-corrected chi connectivity index (χ3v) is 2.93. The van der Waals surface area contributed by atoms with Crippen molar-refractivity contribution >= 4 is 0 Å². The first-order valence-electron chi connectivity index (χ1n) is 5.71. The zero-order chi connectivity index (χ0) is 10.7. The van der Waals surface area contributed by atoms with Crippen molar-refractivity contribution in [1.29, 1.82) is 0 Å². The van der Waals surface area contributed by atoms with Gasteiger partial charge in [0, 0.05) is 44.5 Å². The molecule has 84 valence electrons. The molecule has 1 saturated heterocycles. The van der Waals surface area contributed by atoms with Crippen molar-refractivity contribution in [2.45, 2.75) is 25.9 Å². The van der Waals surface area contributed by atoms with E-state index in [9.17, 15) is 0 Å². The van der Waals surface area contributed by atoms with Gasteiger partial charge >= 0.3 is 0 Å². The van der Waals surface area contributed by atoms with Gasteiger partial charge in [-0.05, 0) is 13.0 Å². The summed E-state index contributed by atoms with van der Waals surface area (Å²) in [4.78, 5) is 2.49. The van der Waals surface area contributed by atoms with E-state index >= 15 is 0 Å². The molecule has 1 aliphatic rings. The molecule has 0 bridgehead atoms. The average Bonchev–Trinajstić information content (AvgIpc) is 2.78. The average molecular weight is 208 g/mol. The summed E-state index contributed by atoms with van der Waals surface area (Å²) in [5.74, 6) is 0. The number of likely N-dealkylation sites (tertiary alicyclic amines) is 1. The number of hydrogen-bond donors (Lipinski definition) is 1. The number of aromatic nitrogens is 2. The summed E-state index contributed by atoms with van der Waals surface area (Å²) in [5.41, 5.74) is 1.31. The lowest BCUT2D eigenvalue weighted by Crippen LogP contribution is -2.32. The van der Waals surface area contributed by atoms with Gasteiger partial charge in [0.25, 0.3) is 0 Å². The number of nitrogens with one attached hydrogen (secondary N) is 1. The molecular formula is C11H20N4. The van der Waals surface area contributed by atoms with E-state index in [4.69, 9.17) is 0 Å². The number of hydrogen-bond acceptors (Lipinski definition) is 3. The minimum Gasteiger partial charge on any atom is -0.313 e. The van der Waals surface area contributed by atoms with Gasteiger partial charge in [0.05, 0.1) is 6.20 Å². The van der Waals surface area contributed by atoms with E-state index in [1.165, 1.54) is 25.1 Å². The lowest BCUT2D eigenvalue weighted by atomic mass is 10.3. The van der Waals surface area contributed by atoms with E-state index in [1.807, 2.05) is 17.9 Å². The SMILES string of the molecule is CCNC1CCN(Cc2cnn(C)c2)C1. The van der Waals surface area contributed by atoms with Crippen molar-refractivity contribution in [2.75, 3.05) is 19.6 Å². The Bertz CT molecular complexity index is 307. The van der Waals surface area contributed by atoms with Crippen LogP contribution in [0.1, 0.15) is 18.9 Å². The molecule has 4 nitrogen and oxygen atoms in total. The molecule has 0 radical (unpaired) electrons. The predicted octanol–water partition coefficient (Wildman–Crippen LogP) is 0.604. The molecule has 0 amide bonds. The molecule has 4 heteroatoms. The highest BCUT2D eigenvalue weighted by Crippen LogP contribution is 2.12. The van der Waals surface area contributed by atoms with E-state index in [-0.39, 0.29) is 0 Å². The van der Waals surface area contributed by atoms with E-state index in [0.29, 0.717) is 6.04 Å². The first-order valence-corrected chi connectivity index (χ1v) is 5.71. The molecule has 0 saturated carbocycles. The van der Waals surface area contributed by atoms with E-state index in [0.717, 1.165) is 13.1 Å². The fourth-order valence-corrected chi connectivity index (χ4v) is 2.24. The van der Waals surface area contributed by atoms with Crippen molar-refractivity contribution in [2.24, 2.45) is 7.05 Å². The Morgan fingerprint density at radius 2 is 2.47 bits per heavy atom. The Balaban J connectivity index is 1.82. The summed E-state index contributed by atoms with van der Waals surface area (Å²) in [6.07, 6.45) is 5.33. The lowest BCUT2D eigenvalue weighted by Gasteiger charge is -2.15. The van der Waals surface area contributed by atoms with Crippen molar-refractivity contribution in [3.8, 4) is 0 Å². The third kappa shape index (κ3) is 2.79. The number of aryl methyl sites for hydroxylation is 1. The number of nitrogens with zero attached hydrogens (tertiary/aromatic N) is 3. The van der Waals surface area contributed by atoms with Gasteiger partial charge in [0.2, 0.25) is 0 Å². The molecule has 0 aromatic carbocycles. The van der Waals surface area contributed by atoms with Crippen molar-refractivity contribution in [3.63, 3.8) is 0 Å². The topological polar surface area (TPSA) is 33.1 Å². The zero-order valence-corrected chi connectivity index (χ0v) is 9.61. The number of likely N-dealkylation sites (N-methyl/N-ethyl adjacent to an activating group) is 1. The Labute approximate surface area is 91.3 Å². The second-order valence-electron chi connectivity index (χ2n) is 4.30. The molecule has 1 atom stereocenters. The maximum absolute atomic E-state index is 4.19. The Morgan fingerprint density at radius 3 is 3.13 bits per heavy atom. The molecule has 1 fully saturated rings. The molecule has 2 heterocycles. The van der Waals surface area contributed by atoms with Crippen LogP contribution in [0.2, 0.25) is 0 Å². The fraction of sp³-hybridized carbons (Fsp3) is 0.727. The highest BCUT2D eigenvalue weighted by atomic mass is 15.2. The van der Waals surface area contributed by atoms with Crippen molar-refractivity contribution < 1.29 is 0 Å². The Hall–Kier alpha value is -0.870. The van der Waals surface area contributed by atoms with Crippen LogP contribution in [0.5, 0.6) is 0 Å². The van der Waals surface area contributed by atoms with Crippen LogP contribution in [0.3, 0.4) is 0 Å². The maximum Gasteiger partial charge on any atom is 0.0534 e. The van der Waals surface area contributed by atoms with Crippen LogP contribution < -0.4 is 5.32 Å². The predicted molar refractivity (Wildman–Crippen MR) is 60.6 cm³/mol. The summed E-state index contributed by atoms with van der Waals surface area (Å²) >= 11 is 0. The van der Waals surface area contributed by atoms with Crippen molar-refractivity contribution in [1.82, 2.24) is 20.0 Å². The fourth-order valence-electron chi connectivity index (χ4n) is 2.24. The van der Waals surface area contributed by atoms with Crippen molar-refractivity contribution in [3.05, 3.63) is 18.0 Å². The van der Waals surface area contributed by atoms with Crippen LogP contribution in [0.25, 0.3) is 0 Å². The van der Waals surface area contributed by atoms with Gasteiger partial charge in [0.1, 0.15) is 0 Å². The van der Waals surface area contributed by atoms with Gasteiger partial charge in [0.15, 0.2) is 0 Å². The second-order valence-corrected chi connectivity index (χ2v) is 4.30. The highest BCUT2D eigenvalue weighted by molar-refractivity contribution is 5.04. The minimum absolute atomic E-state index is 0.687. The molecule has 2 rings (SSSR count). The molecule has 1 aromatic heterocycles. The van der Waals surface area contributed by atoms with Gasteiger partial charge < -0.3 is 5.32 Å². The van der Waals surface area contributed by atoms with Gasteiger partial charge in [-0.3, -0.25) is 9.58 Å². The van der Waals surface area contributed by atoms with E-state index in [1.54, 1.807) is 0 Å².